The lowest BCUT2D eigenvalue weighted by molar-refractivity contribution is -0.143. The van der Waals surface area contributed by atoms with Crippen molar-refractivity contribution in [2.24, 2.45) is 0 Å². The van der Waals surface area contributed by atoms with E-state index in [2.05, 4.69) is 31.3 Å². The molecular formula is C45H85NO5. The summed E-state index contributed by atoms with van der Waals surface area (Å²) in [5.74, 6) is -0.137. The number of esters is 1. The second kappa shape index (κ2) is 41.1. The summed E-state index contributed by atoms with van der Waals surface area (Å²) in [6.07, 6.45) is 45.8. The number of amides is 1. The van der Waals surface area contributed by atoms with Gasteiger partial charge in [0.05, 0.1) is 25.4 Å². The lowest BCUT2D eigenvalue weighted by atomic mass is 10.0. The number of aliphatic hydroxyl groups excluding tert-OH is 2. The van der Waals surface area contributed by atoms with Gasteiger partial charge in [0.1, 0.15) is 0 Å². The number of rotatable bonds is 40. The Kier molecular flexibility index (Phi) is 39.8. The van der Waals surface area contributed by atoms with Crippen molar-refractivity contribution in [1.29, 1.82) is 0 Å². The van der Waals surface area contributed by atoms with E-state index in [-0.39, 0.29) is 18.5 Å². The molecule has 0 aliphatic heterocycles. The average Bonchev–Trinajstić information content (AvgIpc) is 3.13. The highest BCUT2D eigenvalue weighted by Gasteiger charge is 2.18. The second-order valence-electron chi connectivity index (χ2n) is 15.0. The van der Waals surface area contributed by atoms with Gasteiger partial charge in [0.15, 0.2) is 0 Å². The van der Waals surface area contributed by atoms with Gasteiger partial charge in [0.2, 0.25) is 5.91 Å². The Bertz CT molecular complexity index is 797. The van der Waals surface area contributed by atoms with Gasteiger partial charge in [-0.05, 0) is 51.4 Å². The average molecular weight is 720 g/mol. The first kappa shape index (κ1) is 49.3. The summed E-state index contributed by atoms with van der Waals surface area (Å²) in [5, 5.41) is 23.0. The summed E-state index contributed by atoms with van der Waals surface area (Å²) in [5.41, 5.74) is 0. The number of carbonyl (C=O) groups excluding carboxylic acids is 2. The number of allylic oxidation sites excluding steroid dienone is 3. The molecule has 0 saturated carbocycles. The molecule has 0 aromatic heterocycles. The van der Waals surface area contributed by atoms with E-state index in [4.69, 9.17) is 4.74 Å². The summed E-state index contributed by atoms with van der Waals surface area (Å²) in [4.78, 5) is 24.3. The Balaban J connectivity index is 3.57. The molecule has 51 heavy (non-hydrogen) atoms. The molecule has 0 saturated heterocycles. The second-order valence-corrected chi connectivity index (χ2v) is 15.0. The fraction of sp³-hybridized carbons (Fsp3) is 0.867. The molecular weight excluding hydrogens is 634 g/mol. The predicted octanol–water partition coefficient (Wildman–Crippen LogP) is 12.4. The first-order valence-electron chi connectivity index (χ1n) is 22.1. The highest BCUT2D eigenvalue weighted by Crippen LogP contribution is 2.14. The van der Waals surface area contributed by atoms with Crippen LogP contribution in [0.25, 0.3) is 0 Å². The number of nitrogens with one attached hydrogen (secondary N) is 1. The minimum atomic E-state index is -0.860. The molecule has 0 radical (unpaired) electrons. The molecule has 0 aromatic carbocycles. The number of hydrogen-bond donors (Lipinski definition) is 3. The van der Waals surface area contributed by atoms with Gasteiger partial charge in [-0.1, -0.05) is 186 Å². The van der Waals surface area contributed by atoms with Gasteiger partial charge in [-0.25, -0.2) is 0 Å². The van der Waals surface area contributed by atoms with Crippen molar-refractivity contribution in [2.45, 2.75) is 238 Å². The lowest BCUT2D eigenvalue weighted by Crippen LogP contribution is -2.45. The van der Waals surface area contributed by atoms with E-state index in [1.165, 1.54) is 141 Å². The molecule has 2 atom stereocenters. The third-order valence-electron chi connectivity index (χ3n) is 9.97. The van der Waals surface area contributed by atoms with E-state index in [0.29, 0.717) is 19.4 Å². The van der Waals surface area contributed by atoms with E-state index in [0.717, 1.165) is 57.8 Å². The van der Waals surface area contributed by atoms with Crippen molar-refractivity contribution < 1.29 is 24.5 Å². The molecule has 2 unspecified atom stereocenters. The normalized spacial score (nSPS) is 12.9. The first-order chi connectivity index (χ1) is 25.0. The molecule has 6 heteroatoms. The van der Waals surface area contributed by atoms with Crippen molar-refractivity contribution in [3.05, 3.63) is 24.3 Å². The Morgan fingerprint density at radius 2 is 0.941 bits per heavy atom. The third-order valence-corrected chi connectivity index (χ3v) is 9.97. The Labute approximate surface area is 316 Å². The predicted molar refractivity (Wildman–Crippen MR) is 218 cm³/mol. The number of unbranched alkanes of at least 4 members (excludes halogenated alkanes) is 27. The summed E-state index contributed by atoms with van der Waals surface area (Å²) < 4.78 is 5.41. The van der Waals surface area contributed by atoms with Crippen LogP contribution in [0.3, 0.4) is 0 Å². The van der Waals surface area contributed by atoms with Crippen LogP contribution < -0.4 is 5.32 Å². The Morgan fingerprint density at radius 1 is 0.529 bits per heavy atom. The third kappa shape index (κ3) is 37.9. The molecule has 0 fully saturated rings. The van der Waals surface area contributed by atoms with Crippen LogP contribution in [0.5, 0.6) is 0 Å². The van der Waals surface area contributed by atoms with E-state index < -0.39 is 12.1 Å². The van der Waals surface area contributed by atoms with Crippen LogP contribution >= 0.6 is 0 Å². The molecule has 0 aliphatic carbocycles. The molecule has 0 aromatic rings. The largest absolute Gasteiger partial charge is 0.466 e. The number of aliphatic hydroxyl groups is 2. The zero-order valence-corrected chi connectivity index (χ0v) is 33.8. The van der Waals surface area contributed by atoms with Crippen LogP contribution in [0.15, 0.2) is 24.3 Å². The fourth-order valence-corrected chi connectivity index (χ4v) is 6.49. The summed E-state index contributed by atoms with van der Waals surface area (Å²) >= 11 is 0. The number of hydrogen-bond acceptors (Lipinski definition) is 5. The molecule has 0 heterocycles. The molecule has 300 valence electrons. The van der Waals surface area contributed by atoms with Gasteiger partial charge in [-0.15, -0.1) is 0 Å². The maximum atomic E-state index is 12.4. The van der Waals surface area contributed by atoms with Crippen molar-refractivity contribution in [3.8, 4) is 0 Å². The smallest absolute Gasteiger partial charge is 0.305 e. The number of ether oxygens (including phenoxy) is 1. The summed E-state index contributed by atoms with van der Waals surface area (Å²) in [6, 6.07) is -0.646. The van der Waals surface area contributed by atoms with Gasteiger partial charge in [0.25, 0.3) is 0 Å². The maximum Gasteiger partial charge on any atom is 0.305 e. The van der Waals surface area contributed by atoms with Crippen LogP contribution in [0.4, 0.5) is 0 Å². The SMILES string of the molecule is CCCC/C=C\CCCCCCCC(=O)OCCCCCCCCCCCC(=O)NC(CO)C(O)/C=C/CCCCCCCCCCCCCC. The van der Waals surface area contributed by atoms with Crippen LogP contribution in [-0.4, -0.2) is 47.4 Å². The maximum absolute atomic E-state index is 12.4. The zero-order valence-electron chi connectivity index (χ0n) is 33.8. The van der Waals surface area contributed by atoms with Gasteiger partial charge in [0, 0.05) is 12.8 Å². The molecule has 6 nitrogen and oxygen atoms in total. The van der Waals surface area contributed by atoms with E-state index in [1.807, 2.05) is 6.08 Å². The quantitative estimate of drug-likeness (QED) is 0.0333. The van der Waals surface area contributed by atoms with Crippen LogP contribution in [0.1, 0.15) is 226 Å². The van der Waals surface area contributed by atoms with Crippen molar-refractivity contribution in [2.75, 3.05) is 13.2 Å². The molecule has 0 aliphatic rings. The number of carbonyl (C=O) groups is 2. The van der Waals surface area contributed by atoms with Crippen LogP contribution in [-0.2, 0) is 14.3 Å². The molecule has 1 amide bonds. The van der Waals surface area contributed by atoms with Gasteiger partial charge in [-0.2, -0.15) is 0 Å². The molecule has 0 rings (SSSR count). The van der Waals surface area contributed by atoms with Gasteiger partial charge in [-0.3, -0.25) is 9.59 Å². The summed E-state index contributed by atoms with van der Waals surface area (Å²) in [7, 11) is 0. The van der Waals surface area contributed by atoms with E-state index in [1.54, 1.807) is 6.08 Å². The molecule has 3 N–H and O–H groups in total. The van der Waals surface area contributed by atoms with Crippen molar-refractivity contribution in [1.82, 2.24) is 5.32 Å². The van der Waals surface area contributed by atoms with Gasteiger partial charge < -0.3 is 20.3 Å². The van der Waals surface area contributed by atoms with Crippen molar-refractivity contribution in [3.63, 3.8) is 0 Å². The fourth-order valence-electron chi connectivity index (χ4n) is 6.49. The van der Waals surface area contributed by atoms with Crippen molar-refractivity contribution >= 4 is 11.9 Å². The molecule has 0 spiro atoms. The first-order valence-corrected chi connectivity index (χ1v) is 22.1. The topological polar surface area (TPSA) is 95.9 Å². The highest BCUT2D eigenvalue weighted by atomic mass is 16.5. The minimum absolute atomic E-state index is 0.0392. The minimum Gasteiger partial charge on any atom is -0.466 e. The monoisotopic (exact) mass is 720 g/mol. The Morgan fingerprint density at radius 3 is 1.45 bits per heavy atom. The van der Waals surface area contributed by atoms with Crippen LogP contribution in [0.2, 0.25) is 0 Å². The highest BCUT2D eigenvalue weighted by molar-refractivity contribution is 5.76. The van der Waals surface area contributed by atoms with E-state index in [9.17, 15) is 19.8 Å². The molecule has 0 bridgehead atoms. The standard InChI is InChI=1S/C45H85NO5/c1-3-5-7-9-11-13-15-16-17-19-21-25-29-33-37-43(48)42(41-47)46-44(49)38-34-30-26-22-20-24-28-32-36-40-51-45(50)39-35-31-27-23-18-14-12-10-8-6-4-2/h10,12,33,37,42-43,47-48H,3-9,11,13-32,34-36,38-41H2,1-2H3,(H,46,49)/b12-10-,37-33+. The van der Waals surface area contributed by atoms with E-state index >= 15 is 0 Å². The Hall–Kier alpha value is -1.66. The zero-order chi connectivity index (χ0) is 37.3. The lowest BCUT2D eigenvalue weighted by Gasteiger charge is -2.20. The van der Waals surface area contributed by atoms with Crippen LogP contribution in [0, 0.1) is 0 Å². The van der Waals surface area contributed by atoms with Gasteiger partial charge >= 0.3 is 5.97 Å². The summed E-state index contributed by atoms with van der Waals surface area (Å²) in [6.45, 7) is 4.78.